The zero-order valence-corrected chi connectivity index (χ0v) is 41.9. The van der Waals surface area contributed by atoms with Crippen molar-refractivity contribution < 1.29 is 107 Å². The topological polar surface area (TPSA) is 450 Å². The summed E-state index contributed by atoms with van der Waals surface area (Å²) < 4.78 is 0. The van der Waals surface area contributed by atoms with Gasteiger partial charge in [-0.2, -0.15) is 0 Å². The minimum atomic E-state index is -1.23. The zero-order valence-electron chi connectivity index (χ0n) is 41.9. The lowest BCUT2D eigenvalue weighted by molar-refractivity contribution is -0.146. The molecule has 426 valence electrons. The molecule has 5 rings (SSSR count). The Hall–Kier alpha value is -1.04. The number of β-amino-alcohol motifs (C(OH)–C–C–N with tert-alkyl or cyclic N) is 5. The summed E-state index contributed by atoms with van der Waals surface area (Å²) in [5.41, 5.74) is 0. The maximum absolute atomic E-state index is 9.69. The lowest BCUT2D eigenvalue weighted by Crippen LogP contribution is -2.65. The maximum atomic E-state index is 9.69. The molecule has 5 aliphatic rings. The molecule has 0 aromatic heterocycles. The van der Waals surface area contributed by atoms with Gasteiger partial charge in [-0.05, 0) is 38.9 Å². The van der Waals surface area contributed by atoms with Gasteiger partial charge in [0, 0.05) is 38.8 Å². The van der Waals surface area contributed by atoms with E-state index in [0.29, 0.717) is 32.7 Å². The first-order valence-electron chi connectivity index (χ1n) is 25.2. The van der Waals surface area contributed by atoms with Crippen molar-refractivity contribution in [3.05, 3.63) is 0 Å². The number of aliphatic hydroxyl groups excluding tert-OH is 21. The van der Waals surface area contributed by atoms with E-state index in [1.165, 1.54) is 0 Å². The maximum Gasteiger partial charge on any atom is 0.109 e. The van der Waals surface area contributed by atoms with Crippen molar-refractivity contribution in [3.8, 4) is 0 Å². The molecule has 22 N–H and O–H groups in total. The van der Waals surface area contributed by atoms with Gasteiger partial charge in [0.25, 0.3) is 0 Å². The van der Waals surface area contributed by atoms with E-state index in [-0.39, 0.29) is 58.8 Å². The first kappa shape index (κ1) is 68.0. The molecular formula is C45H95N5O21. The molecule has 5 saturated heterocycles. The molecule has 5 fully saturated rings. The van der Waals surface area contributed by atoms with E-state index >= 15 is 0 Å². The number of likely N-dealkylation sites (tertiary alicyclic amines) is 4. The molecule has 0 saturated carbocycles. The molecule has 0 aliphatic carbocycles. The molecule has 5 heterocycles. The highest BCUT2D eigenvalue weighted by atomic mass is 16.4. The van der Waals surface area contributed by atoms with E-state index < -0.39 is 122 Å². The van der Waals surface area contributed by atoms with Crippen LogP contribution in [-0.2, 0) is 0 Å². The number of nitrogens with zero attached hydrogens (tertiary/aromatic N) is 4. The van der Waals surface area contributed by atoms with Gasteiger partial charge in [-0.15, -0.1) is 0 Å². The average Bonchev–Trinajstić information content (AvgIpc) is 3.35. The molecule has 0 bridgehead atoms. The number of nitrogens with one attached hydrogen (secondary N) is 1. The predicted molar refractivity (Wildman–Crippen MR) is 255 cm³/mol. The van der Waals surface area contributed by atoms with Crippen LogP contribution in [0.25, 0.3) is 0 Å². The summed E-state index contributed by atoms with van der Waals surface area (Å²) in [6, 6.07) is -2.82. The number of rotatable bonds is 16. The molecule has 0 amide bonds. The SMILES string of the molecule is CCCCN1CC(O)[C@H](O)[C@@H](O)C1CO.CCCC[C@@H]1NC(CO)[C@H](O)[C@@H](O)C1O.CCCN1CC(O)[C@H](O)[C@@H](O)C1CO.CCN1CC(O)[C@H](O)[C@@H](O)C1CO.OCCN1CC(O)[C@H](O)[C@@H](O)C1CO. The second kappa shape index (κ2) is 35.3. The monoisotopic (exact) mass is 1040 g/mol. The zero-order chi connectivity index (χ0) is 54.3. The van der Waals surface area contributed by atoms with Gasteiger partial charge in [-0.25, -0.2) is 0 Å². The number of hydrogen-bond donors (Lipinski definition) is 22. The van der Waals surface area contributed by atoms with Crippen molar-refractivity contribution in [1.29, 1.82) is 0 Å². The number of piperidine rings is 5. The smallest absolute Gasteiger partial charge is 0.109 e. The fourth-order valence-corrected chi connectivity index (χ4v) is 9.41. The third-order valence-electron chi connectivity index (χ3n) is 14.0. The highest BCUT2D eigenvalue weighted by Crippen LogP contribution is 2.23. The van der Waals surface area contributed by atoms with Gasteiger partial charge < -0.3 is 113 Å². The molecule has 0 aromatic rings. The quantitative estimate of drug-likeness (QED) is 0.0682. The Morgan fingerprint density at radius 2 is 0.676 bits per heavy atom. The first-order valence-corrected chi connectivity index (χ1v) is 25.2. The van der Waals surface area contributed by atoms with Gasteiger partial charge in [-0.1, -0.05) is 47.0 Å². The molecule has 0 radical (unpaired) electrons. The van der Waals surface area contributed by atoms with E-state index in [1.54, 1.807) is 9.80 Å². The minimum absolute atomic E-state index is 0.119. The van der Waals surface area contributed by atoms with Gasteiger partial charge in [0.1, 0.15) is 54.9 Å². The van der Waals surface area contributed by atoms with Crippen LogP contribution in [-0.4, -0.2) is 347 Å². The van der Waals surface area contributed by atoms with E-state index in [4.69, 9.17) is 30.6 Å². The summed E-state index contributed by atoms with van der Waals surface area (Å²) in [5.74, 6) is 0. The van der Waals surface area contributed by atoms with Crippen LogP contribution in [0.2, 0.25) is 0 Å². The van der Waals surface area contributed by atoms with Gasteiger partial charge in [0.2, 0.25) is 0 Å². The van der Waals surface area contributed by atoms with Crippen molar-refractivity contribution in [2.75, 3.05) is 92.0 Å². The molecular weight excluding hydrogens is 947 g/mol. The van der Waals surface area contributed by atoms with Crippen LogP contribution in [0.1, 0.15) is 66.2 Å². The molecule has 0 aromatic carbocycles. The average molecular weight is 1040 g/mol. The Morgan fingerprint density at radius 3 is 1.00 bits per heavy atom. The van der Waals surface area contributed by atoms with Gasteiger partial charge in [0.15, 0.2) is 0 Å². The summed E-state index contributed by atoms with van der Waals surface area (Å²) in [7, 11) is 0. The number of unbranched alkanes of at least 4 members (excludes halogenated alkanes) is 2. The third-order valence-corrected chi connectivity index (χ3v) is 14.0. The highest BCUT2D eigenvalue weighted by molar-refractivity contribution is 4.99. The van der Waals surface area contributed by atoms with Gasteiger partial charge >= 0.3 is 0 Å². The van der Waals surface area contributed by atoms with Crippen molar-refractivity contribution in [2.24, 2.45) is 0 Å². The van der Waals surface area contributed by atoms with E-state index in [9.17, 15) is 76.6 Å². The first-order chi connectivity index (χ1) is 33.6. The van der Waals surface area contributed by atoms with Crippen LogP contribution in [0, 0.1) is 0 Å². The van der Waals surface area contributed by atoms with Gasteiger partial charge in [0.05, 0.1) is 106 Å². The Kier molecular flexibility index (Phi) is 33.8. The largest absolute Gasteiger partial charge is 0.395 e. The van der Waals surface area contributed by atoms with E-state index in [2.05, 4.69) is 12.2 Å². The summed E-state index contributed by atoms with van der Waals surface area (Å²) in [5, 5.41) is 199. The Labute approximate surface area is 417 Å². The Morgan fingerprint density at radius 1 is 0.338 bits per heavy atom. The lowest BCUT2D eigenvalue weighted by Gasteiger charge is -2.43. The fraction of sp³-hybridized carbons (Fsp3) is 1.00. The molecule has 10 unspecified atom stereocenters. The minimum Gasteiger partial charge on any atom is -0.395 e. The van der Waals surface area contributed by atoms with Crippen molar-refractivity contribution in [1.82, 2.24) is 24.9 Å². The summed E-state index contributed by atoms with van der Waals surface area (Å²) in [4.78, 5) is 6.96. The van der Waals surface area contributed by atoms with Crippen LogP contribution in [0.3, 0.4) is 0 Å². The predicted octanol–water partition coefficient (Wildman–Crippen LogP) is -10.2. The van der Waals surface area contributed by atoms with E-state index in [0.717, 1.165) is 45.1 Å². The second-order valence-electron chi connectivity index (χ2n) is 19.0. The lowest BCUT2D eigenvalue weighted by atomic mass is 9.88. The number of aliphatic hydroxyl groups is 21. The van der Waals surface area contributed by atoms with Gasteiger partial charge in [-0.3, -0.25) is 19.6 Å². The second-order valence-corrected chi connectivity index (χ2v) is 19.0. The van der Waals surface area contributed by atoms with Crippen molar-refractivity contribution in [2.45, 2.75) is 194 Å². The number of likely N-dealkylation sites (N-methyl/N-ethyl adjacent to an activating group) is 1. The Bertz CT molecular complexity index is 1310. The highest BCUT2D eigenvalue weighted by Gasteiger charge is 2.44. The molecule has 26 heteroatoms. The van der Waals surface area contributed by atoms with Crippen LogP contribution >= 0.6 is 0 Å². The normalized spacial score (nSPS) is 40.4. The molecule has 26 nitrogen and oxygen atoms in total. The van der Waals surface area contributed by atoms with Crippen LogP contribution in [0.5, 0.6) is 0 Å². The third kappa shape index (κ3) is 19.8. The summed E-state index contributed by atoms with van der Waals surface area (Å²) in [6.07, 6.45) is -10.7. The fourth-order valence-electron chi connectivity index (χ4n) is 9.41. The Balaban J connectivity index is 0.000000444. The van der Waals surface area contributed by atoms with Crippen LogP contribution in [0.15, 0.2) is 0 Å². The number of hydrogen-bond acceptors (Lipinski definition) is 26. The van der Waals surface area contributed by atoms with E-state index in [1.807, 2.05) is 30.6 Å². The molecule has 5 aliphatic heterocycles. The molecule has 0 spiro atoms. The van der Waals surface area contributed by atoms with Crippen LogP contribution < -0.4 is 5.32 Å². The molecule has 21 atom stereocenters. The standard InChI is InChI=1S/2C10H21NO4.C9H19NO4.C8H17NO5.C8H17NO4/c1-2-3-4-11-5-8(13)10(15)9(14)7(11)6-12;1-2-3-4-6-8(13)10(15)9(14)7(5-12)11-6;1-2-3-10-4-7(12)9(14)8(13)6(10)5-11;10-2-1-9-3-6(12)8(14)7(13)5(9)4-11;1-2-9-3-6(11)8(13)7(12)5(9)4-10/h7-10,12-15H,2-6H2,1H3;6-15H,2-5H2,1H3;6-9,11-14H,2-5H2,1H3;5-8,10-14H,1-4H2;5-8,10-13H,2-4H2,1H3/t7?,8?,9-,10-;6-,7?,8?,9-,10-;6?,7?,8-,9-;2*5?,6?,7-,8-/m00000/s1. The van der Waals surface area contributed by atoms with Crippen molar-refractivity contribution in [3.63, 3.8) is 0 Å². The molecule has 71 heavy (non-hydrogen) atoms. The summed E-state index contributed by atoms with van der Waals surface area (Å²) in [6.45, 7) is 10.0. The summed E-state index contributed by atoms with van der Waals surface area (Å²) >= 11 is 0. The van der Waals surface area contributed by atoms with Crippen molar-refractivity contribution >= 4 is 0 Å². The van der Waals surface area contributed by atoms with Crippen LogP contribution in [0.4, 0.5) is 0 Å².